The molecule has 0 N–H and O–H groups in total. The van der Waals surface area contributed by atoms with Crippen LogP contribution in [-0.2, 0) is 13.0 Å². The van der Waals surface area contributed by atoms with E-state index in [9.17, 15) is 0 Å². The van der Waals surface area contributed by atoms with Crippen LogP contribution in [0.1, 0.15) is 99.2 Å². The molecule has 2 aromatic heterocycles. The number of allylic oxidation sites excluding steroid dienone is 14. The van der Waals surface area contributed by atoms with E-state index in [-0.39, 0.29) is 0 Å². The van der Waals surface area contributed by atoms with Gasteiger partial charge in [0.05, 0.1) is 16.7 Å². The molecule has 4 heteroatoms. The highest BCUT2D eigenvalue weighted by molar-refractivity contribution is 6.10. The van der Waals surface area contributed by atoms with Crippen LogP contribution in [0.15, 0.2) is 205 Å². The molecule has 7 aromatic rings. The molecule has 0 unspecified atom stereocenters. The molecule has 5 aromatic carbocycles. The number of aromatic nitrogens is 2. The first-order valence-electron chi connectivity index (χ1n) is 25.0. The molecule has 0 radical (unpaired) electrons. The quantitative estimate of drug-likeness (QED) is 0.0451. The number of anilines is 1. The smallest absolute Gasteiger partial charge is 0.0640 e. The second-order valence-corrected chi connectivity index (χ2v) is 17.4. The van der Waals surface area contributed by atoms with Crippen LogP contribution in [0.2, 0.25) is 0 Å². The molecule has 0 amide bonds. The highest BCUT2D eigenvalue weighted by atomic mass is 15.1. The molecule has 0 spiro atoms. The average Bonchev–Trinajstić information content (AvgIpc) is 3.87. The molecule has 2 heterocycles. The summed E-state index contributed by atoms with van der Waals surface area (Å²) in [4.78, 5) is 6.85. The largest absolute Gasteiger partial charge is 0.338 e. The SMILES string of the molecule is C#C/C=C\c1c(/C=C(\CC)c2ccc3c(c2)c2ccccc2n3-c2ccc(C(/C=C\C)=C/C=C\C)cc2)c(CC)n(-c2ccc(N(Cc3cccc(C(/C=C\CC)=NC)c3)C(=C)/C=C\C=C/C)cc2)c1C. The predicted octanol–water partition coefficient (Wildman–Crippen LogP) is 17.6. The van der Waals surface area contributed by atoms with Gasteiger partial charge in [-0.2, -0.15) is 0 Å². The summed E-state index contributed by atoms with van der Waals surface area (Å²) >= 11 is 0. The Bertz CT molecular complexity index is 3330. The van der Waals surface area contributed by atoms with Gasteiger partial charge in [0, 0.05) is 69.6 Å². The lowest BCUT2D eigenvalue weighted by Crippen LogP contribution is -2.20. The maximum absolute atomic E-state index is 5.89. The number of fused-ring (bicyclic) bond motifs is 3. The van der Waals surface area contributed by atoms with E-state index in [4.69, 9.17) is 6.42 Å². The molecule has 0 bridgehead atoms. The first kappa shape index (κ1) is 50.7. The van der Waals surface area contributed by atoms with Crippen LogP contribution >= 0.6 is 0 Å². The van der Waals surface area contributed by atoms with E-state index in [0.29, 0.717) is 6.54 Å². The van der Waals surface area contributed by atoms with Gasteiger partial charge in [0.25, 0.3) is 0 Å². The van der Waals surface area contributed by atoms with Crippen LogP contribution < -0.4 is 4.90 Å². The van der Waals surface area contributed by atoms with Crippen molar-refractivity contribution in [2.45, 2.75) is 74.3 Å². The molecule has 0 aliphatic heterocycles. The second-order valence-electron chi connectivity index (χ2n) is 17.4. The average molecular weight is 929 g/mol. The molecule has 7 rings (SSSR count). The van der Waals surface area contributed by atoms with Crippen molar-refractivity contribution >= 4 is 56.5 Å². The third-order valence-corrected chi connectivity index (χ3v) is 13.0. The number of aliphatic imine (C=N–C) groups is 1. The fourth-order valence-electron chi connectivity index (χ4n) is 9.49. The highest BCUT2D eigenvalue weighted by Gasteiger charge is 2.21. The van der Waals surface area contributed by atoms with Crippen molar-refractivity contribution in [3.05, 3.63) is 245 Å². The van der Waals surface area contributed by atoms with E-state index in [2.05, 4.69) is 242 Å². The van der Waals surface area contributed by atoms with Crippen LogP contribution in [0, 0.1) is 19.3 Å². The highest BCUT2D eigenvalue weighted by Crippen LogP contribution is 2.38. The van der Waals surface area contributed by atoms with E-state index >= 15 is 0 Å². The van der Waals surface area contributed by atoms with Crippen molar-refractivity contribution < 1.29 is 0 Å². The third kappa shape index (κ3) is 11.3. The maximum Gasteiger partial charge on any atom is 0.0640 e. The molecule has 0 atom stereocenters. The van der Waals surface area contributed by atoms with Gasteiger partial charge in [0.1, 0.15) is 0 Å². The van der Waals surface area contributed by atoms with Crippen molar-refractivity contribution in [1.82, 2.24) is 9.13 Å². The van der Waals surface area contributed by atoms with E-state index in [1.807, 2.05) is 45.2 Å². The zero-order chi connectivity index (χ0) is 50.3. The third-order valence-electron chi connectivity index (χ3n) is 13.0. The van der Waals surface area contributed by atoms with Crippen LogP contribution in [0.3, 0.4) is 0 Å². The van der Waals surface area contributed by atoms with Crippen LogP contribution in [0.25, 0.3) is 56.5 Å². The zero-order valence-electron chi connectivity index (χ0n) is 43.0. The molecule has 71 heavy (non-hydrogen) atoms. The van der Waals surface area contributed by atoms with Gasteiger partial charge in [-0.1, -0.05) is 143 Å². The predicted molar refractivity (Wildman–Crippen MR) is 312 cm³/mol. The van der Waals surface area contributed by atoms with Crippen molar-refractivity contribution in [3.8, 4) is 23.7 Å². The molecule has 356 valence electrons. The first-order chi connectivity index (χ1) is 34.7. The summed E-state index contributed by atoms with van der Waals surface area (Å²) in [7, 11) is 1.85. The van der Waals surface area contributed by atoms with Crippen molar-refractivity contribution in [1.29, 1.82) is 0 Å². The lowest BCUT2D eigenvalue weighted by atomic mass is 9.96. The van der Waals surface area contributed by atoms with Gasteiger partial charge in [-0.05, 0) is 171 Å². The Balaban J connectivity index is 1.29. The van der Waals surface area contributed by atoms with Gasteiger partial charge in [-0.25, -0.2) is 0 Å². The van der Waals surface area contributed by atoms with E-state index in [1.165, 1.54) is 60.9 Å². The second kappa shape index (κ2) is 24.4. The van der Waals surface area contributed by atoms with Gasteiger partial charge < -0.3 is 14.0 Å². The lowest BCUT2D eigenvalue weighted by molar-refractivity contribution is 0.900. The summed E-state index contributed by atoms with van der Waals surface area (Å²) in [5.74, 6) is 2.77. The molecule has 0 aliphatic carbocycles. The Labute approximate surface area is 423 Å². The lowest BCUT2D eigenvalue weighted by Gasteiger charge is -2.26. The van der Waals surface area contributed by atoms with Crippen LogP contribution in [0.4, 0.5) is 5.69 Å². The van der Waals surface area contributed by atoms with Gasteiger partial charge in [0.2, 0.25) is 0 Å². The number of hydrogen-bond donors (Lipinski definition) is 0. The maximum atomic E-state index is 5.89. The number of terminal acetylenes is 1. The van der Waals surface area contributed by atoms with Crippen LogP contribution in [0.5, 0.6) is 0 Å². The Hall–Kier alpha value is -8.13. The zero-order valence-corrected chi connectivity index (χ0v) is 43.0. The number of nitrogens with zero attached hydrogens (tertiary/aromatic N) is 4. The Morgan fingerprint density at radius 3 is 2.11 bits per heavy atom. The number of hydrogen-bond acceptors (Lipinski definition) is 2. The standard InChI is InChI=1S/C67H68N4/c1-11-18-22-27-49(8)69(48-51-28-25-30-56(45-51)64(68-10)33-21-14-4)57-40-42-58(43-41-57)70-50(9)60(31-20-13-3)62(65(70)17-7)46-52(16-6)55-37-44-67-63(47-55)61-32-23-24-34-66(61)71(67)59-38-35-54(36-39-59)53(26-15-5)29-19-12-2/h3,11-12,15,18-47H,8,14,16-17,48H2,1-2,4-7,9-10H3/b18-11-,19-12-,26-15-,27-22-,31-20-,33-21-,52-46+,53-29+,68-64?. The fraction of sp³-hybridized carbons (Fsp3) is 0.179. The minimum atomic E-state index is 0.645. The summed E-state index contributed by atoms with van der Waals surface area (Å²) in [6.45, 7) is 20.1. The Morgan fingerprint density at radius 2 is 1.42 bits per heavy atom. The van der Waals surface area contributed by atoms with E-state index in [1.54, 1.807) is 0 Å². The van der Waals surface area contributed by atoms with Crippen molar-refractivity contribution in [2.24, 2.45) is 4.99 Å². The number of benzene rings is 5. The molecule has 0 saturated carbocycles. The van der Waals surface area contributed by atoms with Gasteiger partial charge in [-0.3, -0.25) is 4.99 Å². The van der Waals surface area contributed by atoms with Gasteiger partial charge in [0.15, 0.2) is 0 Å². The number of para-hydroxylation sites is 1. The minimum Gasteiger partial charge on any atom is -0.338 e. The Kier molecular flexibility index (Phi) is 17.5. The molecular weight excluding hydrogens is 861 g/mol. The van der Waals surface area contributed by atoms with Gasteiger partial charge in [-0.15, -0.1) is 6.42 Å². The normalized spacial score (nSPS) is 13.0. The first-order valence-corrected chi connectivity index (χ1v) is 25.0. The van der Waals surface area contributed by atoms with E-state index < -0.39 is 0 Å². The summed E-state index contributed by atoms with van der Waals surface area (Å²) < 4.78 is 4.80. The Morgan fingerprint density at radius 1 is 0.704 bits per heavy atom. The topological polar surface area (TPSA) is 25.5 Å². The summed E-state index contributed by atoms with van der Waals surface area (Å²) in [6, 6.07) is 42.2. The summed E-state index contributed by atoms with van der Waals surface area (Å²) in [5.41, 5.74) is 19.3. The van der Waals surface area contributed by atoms with Gasteiger partial charge >= 0.3 is 0 Å². The van der Waals surface area contributed by atoms with E-state index in [0.717, 1.165) is 64.6 Å². The molecular formula is C67H68N4. The number of rotatable bonds is 19. The minimum absolute atomic E-state index is 0.645. The molecule has 0 aliphatic rings. The molecule has 4 nitrogen and oxygen atoms in total. The summed E-state index contributed by atoms with van der Waals surface area (Å²) in [5, 5.41) is 2.46. The molecule has 0 saturated heterocycles. The summed E-state index contributed by atoms with van der Waals surface area (Å²) in [6.07, 6.45) is 37.8. The molecule has 0 fully saturated rings. The van der Waals surface area contributed by atoms with Crippen LogP contribution in [-0.4, -0.2) is 21.9 Å². The monoisotopic (exact) mass is 929 g/mol. The van der Waals surface area contributed by atoms with Crippen molar-refractivity contribution in [2.75, 3.05) is 11.9 Å². The van der Waals surface area contributed by atoms with Crippen molar-refractivity contribution in [3.63, 3.8) is 0 Å². The fourth-order valence-corrected chi connectivity index (χ4v) is 9.49.